The molecule has 2 aromatic rings. The number of carbonyl (C=O) groups is 11. The van der Waals surface area contributed by atoms with Crippen molar-refractivity contribution in [3.8, 4) is 0 Å². The summed E-state index contributed by atoms with van der Waals surface area (Å²) in [5.41, 5.74) is 1.90. The molecule has 0 bridgehead atoms. The minimum atomic E-state index is -1.31. The lowest BCUT2D eigenvalue weighted by Gasteiger charge is -2.35. The van der Waals surface area contributed by atoms with E-state index in [1.807, 2.05) is 6.07 Å². The van der Waals surface area contributed by atoms with Gasteiger partial charge in [-0.25, -0.2) is 14.6 Å². The molecule has 0 radical (unpaired) electrons. The Kier molecular flexibility index (Phi) is 29.8. The van der Waals surface area contributed by atoms with Crippen LogP contribution in [0.2, 0.25) is 0 Å². The van der Waals surface area contributed by atoms with Crippen molar-refractivity contribution in [2.24, 2.45) is 0 Å². The number of hydrogen-bond donors (Lipinski definition) is 9. The third-order valence-electron chi connectivity index (χ3n) is 13.1. The summed E-state index contributed by atoms with van der Waals surface area (Å²) in [6, 6.07) is 5.71. The minimum absolute atomic E-state index is 0.0128. The number of nitrogens with one attached hydrogen (secondary N) is 3. The summed E-state index contributed by atoms with van der Waals surface area (Å²) in [4.78, 5) is 147. The second kappa shape index (κ2) is 35.5. The number of hydrogen-bond acceptors (Lipinski definition) is 16. The van der Waals surface area contributed by atoms with E-state index in [1.165, 1.54) is 6.92 Å². The first-order chi connectivity index (χ1) is 37.5. The van der Waals surface area contributed by atoms with Crippen LogP contribution in [-0.4, -0.2) is 222 Å². The van der Waals surface area contributed by atoms with E-state index in [0.29, 0.717) is 47.8 Å². The topological polar surface area (TPSA) is 374 Å². The summed E-state index contributed by atoms with van der Waals surface area (Å²) in [7, 11) is 0. The molecule has 79 heavy (non-hydrogen) atoms. The molecule has 3 rings (SSSR count). The van der Waals surface area contributed by atoms with Gasteiger partial charge < -0.3 is 51.5 Å². The van der Waals surface area contributed by atoms with Crippen molar-refractivity contribution < 1.29 is 83.4 Å². The van der Waals surface area contributed by atoms with Crippen LogP contribution in [0, 0.1) is 0 Å². The van der Waals surface area contributed by atoms with Crippen molar-refractivity contribution >= 4 is 81.2 Å². The van der Waals surface area contributed by atoms with Crippen LogP contribution in [0.5, 0.6) is 0 Å². The maximum atomic E-state index is 13.5. The number of unbranched alkanes of at least 4 members (excludes halogenated alkanes) is 3. The number of carboxylic acids is 6. The number of aliphatic carboxylic acids is 6. The fraction of sp³-hybridized carbons (Fsp3) is 0.577. The van der Waals surface area contributed by atoms with Gasteiger partial charge in [-0.1, -0.05) is 36.8 Å². The van der Waals surface area contributed by atoms with Gasteiger partial charge in [0.15, 0.2) is 11.6 Å². The lowest BCUT2D eigenvalue weighted by molar-refractivity contribution is -0.145. The molecule has 3 atom stereocenters. The number of pyridine rings is 1. The molecule has 1 aromatic carbocycles. The Morgan fingerprint density at radius 1 is 0.582 bits per heavy atom. The summed E-state index contributed by atoms with van der Waals surface area (Å²) in [6.45, 7) is 1.75. The average molecular weight is 1180 g/mol. The fourth-order valence-corrected chi connectivity index (χ4v) is 8.94. The van der Waals surface area contributed by atoms with E-state index in [2.05, 4.69) is 36.9 Å². The molecule has 1 unspecified atom stereocenters. The maximum Gasteiger partial charge on any atom is 0.326 e. The average Bonchev–Trinajstić information content (AvgIpc) is 3.37. The second-order valence-electron chi connectivity index (χ2n) is 19.3. The molecule has 436 valence electrons. The molecule has 1 saturated heterocycles. The molecule has 1 aromatic heterocycles. The lowest BCUT2D eigenvalue weighted by atomic mass is 10.0. The van der Waals surface area contributed by atoms with E-state index >= 15 is 0 Å². The third kappa shape index (κ3) is 27.5. The zero-order valence-electron chi connectivity index (χ0n) is 44.4. The van der Waals surface area contributed by atoms with Gasteiger partial charge in [0.2, 0.25) is 11.8 Å². The molecule has 27 heteroatoms. The molecular formula is C52H74BrN9O17. The van der Waals surface area contributed by atoms with Crippen LogP contribution >= 0.6 is 15.9 Å². The van der Waals surface area contributed by atoms with E-state index in [-0.39, 0.29) is 148 Å². The van der Waals surface area contributed by atoms with Crippen molar-refractivity contribution in [3.63, 3.8) is 0 Å². The van der Waals surface area contributed by atoms with Gasteiger partial charge in [0.1, 0.15) is 16.7 Å². The second-order valence-corrected chi connectivity index (χ2v) is 20.1. The zero-order chi connectivity index (χ0) is 58.4. The number of halogens is 1. The third-order valence-corrected chi connectivity index (χ3v) is 13.6. The lowest BCUT2D eigenvalue weighted by Crippen LogP contribution is -2.52. The normalized spacial score (nSPS) is 15.2. The van der Waals surface area contributed by atoms with Crippen molar-refractivity contribution in [2.75, 3.05) is 78.5 Å². The molecule has 2 heterocycles. The Balaban J connectivity index is 1.49. The van der Waals surface area contributed by atoms with E-state index < -0.39 is 71.7 Å². The van der Waals surface area contributed by atoms with Crippen LogP contribution in [0.3, 0.4) is 0 Å². The number of amides is 4. The number of ketones is 2. The Bertz CT molecular complexity index is 2350. The fourth-order valence-electron chi connectivity index (χ4n) is 8.70. The molecule has 4 amide bonds. The number of nitrogens with zero attached hydrogens (tertiary/aromatic N) is 6. The highest BCUT2D eigenvalue weighted by molar-refractivity contribution is 9.10. The van der Waals surface area contributed by atoms with E-state index in [0.717, 1.165) is 5.56 Å². The summed E-state index contributed by atoms with van der Waals surface area (Å²) in [5, 5.41) is 64.9. The molecule has 0 saturated carbocycles. The van der Waals surface area contributed by atoms with Crippen molar-refractivity contribution in [3.05, 3.63) is 63.9 Å². The predicted molar refractivity (Wildman–Crippen MR) is 286 cm³/mol. The quantitative estimate of drug-likeness (QED) is 0.0275. The van der Waals surface area contributed by atoms with E-state index in [1.54, 1.807) is 61.0 Å². The van der Waals surface area contributed by atoms with Gasteiger partial charge in [-0.15, -0.1) is 0 Å². The molecule has 1 aliphatic rings. The van der Waals surface area contributed by atoms with Gasteiger partial charge in [-0.05, 0) is 85.0 Å². The monoisotopic (exact) mass is 1180 g/mol. The van der Waals surface area contributed by atoms with Crippen LogP contribution in [0.25, 0.3) is 0 Å². The highest BCUT2D eigenvalue weighted by atomic mass is 79.9. The molecular weight excluding hydrogens is 1100 g/mol. The van der Waals surface area contributed by atoms with Gasteiger partial charge in [0.25, 0.3) is 0 Å². The van der Waals surface area contributed by atoms with Crippen LogP contribution in [0.4, 0.5) is 4.79 Å². The van der Waals surface area contributed by atoms with Crippen LogP contribution in [0.1, 0.15) is 105 Å². The SMILES string of the molecule is CC(=O)[C@@H](CCC(=O)O)NC(=O)N[C@H](CCCCN(Cc1ccc(Br)nc1)C(=O)CCCCCC(=O)c1ccc(CNC(=O)CCC(C(=O)O)N2CCN(CC(=O)O)CCN(CC(=O)O)CCN(CC(=O)O)CC2)cc1)C(=O)O. The molecule has 1 fully saturated rings. The van der Waals surface area contributed by atoms with Gasteiger partial charge in [-0.2, -0.15) is 0 Å². The highest BCUT2D eigenvalue weighted by Crippen LogP contribution is 2.17. The first kappa shape index (κ1) is 66.3. The number of urea groups is 1. The number of carboxylic acid groups (broad SMARTS) is 6. The molecule has 0 aliphatic carbocycles. The summed E-state index contributed by atoms with van der Waals surface area (Å²) in [5.74, 6) is -8.21. The molecule has 1 aliphatic heterocycles. The van der Waals surface area contributed by atoms with Gasteiger partial charge in [0, 0.05) is 109 Å². The number of aromatic nitrogens is 1. The Labute approximate surface area is 466 Å². The summed E-state index contributed by atoms with van der Waals surface area (Å²) in [6.07, 6.45) is 3.50. The number of carbonyl (C=O) groups excluding carboxylic acids is 5. The van der Waals surface area contributed by atoms with Crippen LogP contribution in [0.15, 0.2) is 47.2 Å². The van der Waals surface area contributed by atoms with Gasteiger partial charge in [-0.3, -0.25) is 62.8 Å². The van der Waals surface area contributed by atoms with Crippen molar-refractivity contribution in [2.45, 2.75) is 115 Å². The minimum Gasteiger partial charge on any atom is -0.481 e. The standard InChI is InChI=1S/C52H74BrN9O17/c1-35(63)39(15-19-46(67)68)56-52(79)57-40(50(75)76)7-5-6-20-62(31-37-12-17-43(53)54-30-37)45(66)9-4-2-3-8-42(64)38-13-10-36(11-14-38)29-55-44(65)18-16-41(51(77)78)61-27-25-59(33-48(71)72)23-21-58(32-47(69)70)22-24-60(26-28-61)34-49(73)74/h10-14,17,30,39-41H,2-9,15-16,18-29,31-34H2,1H3,(H,55,65)(H,67,68)(H,69,70)(H,71,72)(H,73,74)(H,75,76)(H,77,78)(H2,56,57,79)/t39-,40-,41?/m1/s1. The van der Waals surface area contributed by atoms with Gasteiger partial charge in [0.05, 0.1) is 25.7 Å². The maximum absolute atomic E-state index is 13.5. The molecule has 0 spiro atoms. The van der Waals surface area contributed by atoms with E-state index in [9.17, 15) is 78.3 Å². The predicted octanol–water partition coefficient (Wildman–Crippen LogP) is 2.08. The molecule has 9 N–H and O–H groups in total. The number of rotatable bonds is 34. The van der Waals surface area contributed by atoms with Crippen LogP contribution < -0.4 is 16.0 Å². The van der Waals surface area contributed by atoms with Crippen LogP contribution in [-0.2, 0) is 56.2 Å². The summed E-state index contributed by atoms with van der Waals surface area (Å²) >= 11 is 3.30. The highest BCUT2D eigenvalue weighted by Gasteiger charge is 2.29. The summed E-state index contributed by atoms with van der Waals surface area (Å²) < 4.78 is 0.612. The first-order valence-electron chi connectivity index (χ1n) is 26.1. The molecule has 26 nitrogen and oxygen atoms in total. The number of benzene rings is 1. The Morgan fingerprint density at radius 2 is 1.13 bits per heavy atom. The van der Waals surface area contributed by atoms with E-state index in [4.69, 9.17) is 5.11 Å². The zero-order valence-corrected chi connectivity index (χ0v) is 46.0. The van der Waals surface area contributed by atoms with Crippen molar-refractivity contribution in [1.29, 1.82) is 0 Å². The van der Waals surface area contributed by atoms with Gasteiger partial charge >= 0.3 is 41.8 Å². The Morgan fingerprint density at radius 3 is 1.63 bits per heavy atom. The first-order valence-corrected chi connectivity index (χ1v) is 26.9. The largest absolute Gasteiger partial charge is 0.481 e. The smallest absolute Gasteiger partial charge is 0.326 e. The Hall–Kier alpha value is -6.94. The number of Topliss-reactive ketones (excluding diaryl/α,β-unsaturated/α-hetero) is 2. The van der Waals surface area contributed by atoms with Crippen molar-refractivity contribution in [1.82, 2.24) is 45.4 Å².